The van der Waals surface area contributed by atoms with Crippen molar-refractivity contribution in [2.75, 3.05) is 13.2 Å². The molecule has 4 heterocycles. The van der Waals surface area contributed by atoms with Crippen molar-refractivity contribution < 1.29 is 14.3 Å². The van der Waals surface area contributed by atoms with Crippen molar-refractivity contribution >= 4 is 16.8 Å². The van der Waals surface area contributed by atoms with Gasteiger partial charge in [-0.05, 0) is 38.3 Å². The Morgan fingerprint density at radius 2 is 1.97 bits per heavy atom. The highest BCUT2D eigenvalue weighted by atomic mass is 16.5. The van der Waals surface area contributed by atoms with E-state index in [4.69, 9.17) is 9.47 Å². The molecule has 1 aromatic carbocycles. The Bertz CT molecular complexity index is 1060. The molecule has 154 valence electrons. The fourth-order valence-electron chi connectivity index (χ4n) is 4.97. The predicted octanol–water partition coefficient (Wildman–Crippen LogP) is 4.10. The lowest BCUT2D eigenvalue weighted by Crippen LogP contribution is -2.37. The van der Waals surface area contributed by atoms with E-state index in [1.165, 1.54) is 0 Å². The number of rotatable bonds is 6. The van der Waals surface area contributed by atoms with Gasteiger partial charge in [0.2, 0.25) is 5.88 Å². The highest BCUT2D eigenvalue weighted by molar-refractivity contribution is 6.08. The van der Waals surface area contributed by atoms with E-state index in [2.05, 4.69) is 14.9 Å². The quantitative estimate of drug-likeness (QED) is 0.620. The maximum absolute atomic E-state index is 13.8. The minimum atomic E-state index is 0.0462. The van der Waals surface area contributed by atoms with Crippen LogP contribution in [0.2, 0.25) is 0 Å². The van der Waals surface area contributed by atoms with Crippen molar-refractivity contribution in [3.63, 3.8) is 0 Å². The molecule has 2 aliphatic heterocycles. The average molecular weight is 403 g/mol. The van der Waals surface area contributed by atoms with Crippen LogP contribution in [0.1, 0.15) is 36.5 Å². The highest BCUT2D eigenvalue weighted by Crippen LogP contribution is 2.44. The predicted molar refractivity (Wildman–Crippen MR) is 114 cm³/mol. The molecule has 30 heavy (non-hydrogen) atoms. The minimum absolute atomic E-state index is 0.0462. The molecule has 0 spiro atoms. The third-order valence-electron chi connectivity index (χ3n) is 6.24. The van der Waals surface area contributed by atoms with Crippen molar-refractivity contribution in [3.05, 3.63) is 60.4 Å². The van der Waals surface area contributed by atoms with Gasteiger partial charge in [0.05, 0.1) is 30.5 Å². The number of hydrogen-bond acceptors (Lipinski definition) is 5. The number of ether oxygens (including phenoxy) is 2. The van der Waals surface area contributed by atoms with Crippen LogP contribution >= 0.6 is 0 Å². The molecule has 0 N–H and O–H groups in total. The summed E-state index contributed by atoms with van der Waals surface area (Å²) in [7, 11) is 0. The molecule has 6 nitrogen and oxygen atoms in total. The maximum Gasteiger partial charge on any atom is 0.258 e. The summed E-state index contributed by atoms with van der Waals surface area (Å²) in [5.41, 5.74) is 1.44. The molecule has 2 bridgehead atoms. The zero-order valence-corrected chi connectivity index (χ0v) is 17.0. The van der Waals surface area contributed by atoms with Crippen molar-refractivity contribution in [1.29, 1.82) is 0 Å². The molecule has 5 rings (SSSR count). The molecular formula is C24H25N3O3. The van der Waals surface area contributed by atoms with Gasteiger partial charge in [0.15, 0.2) is 5.75 Å². The number of carbonyl (C=O) groups excluding carboxylic acids is 1. The molecule has 0 radical (unpaired) electrons. The summed E-state index contributed by atoms with van der Waals surface area (Å²) in [4.78, 5) is 24.6. The number of pyridine rings is 2. The Labute approximate surface area is 175 Å². The first-order valence-electron chi connectivity index (χ1n) is 10.6. The number of aromatic nitrogens is 2. The Kier molecular flexibility index (Phi) is 4.99. The first-order valence-corrected chi connectivity index (χ1v) is 10.6. The molecule has 1 amide bonds. The Morgan fingerprint density at radius 1 is 1.10 bits per heavy atom. The van der Waals surface area contributed by atoms with Crippen molar-refractivity contribution in [1.82, 2.24) is 14.9 Å². The molecule has 2 fully saturated rings. The van der Waals surface area contributed by atoms with Gasteiger partial charge in [-0.15, -0.1) is 0 Å². The summed E-state index contributed by atoms with van der Waals surface area (Å²) in [6.45, 7) is 3.00. The van der Waals surface area contributed by atoms with E-state index >= 15 is 0 Å². The van der Waals surface area contributed by atoms with E-state index in [1.54, 1.807) is 12.4 Å². The topological polar surface area (TPSA) is 64.5 Å². The number of fused-ring (bicyclic) bond motifs is 3. The Morgan fingerprint density at radius 3 is 2.80 bits per heavy atom. The molecule has 3 aromatic rings. The van der Waals surface area contributed by atoms with Gasteiger partial charge in [-0.1, -0.05) is 24.3 Å². The SMILES string of the molecule is CCOc1cnc2ccccc2c1C(=O)N1[C@@H]2CC[C@H]1[C@H](COc1ccccn1)C2. The zero-order valence-electron chi connectivity index (χ0n) is 17.0. The largest absolute Gasteiger partial charge is 0.491 e. The summed E-state index contributed by atoms with van der Waals surface area (Å²) in [6, 6.07) is 13.9. The van der Waals surface area contributed by atoms with E-state index in [0.717, 1.165) is 30.2 Å². The summed E-state index contributed by atoms with van der Waals surface area (Å²) >= 11 is 0. The lowest BCUT2D eigenvalue weighted by molar-refractivity contribution is 0.0708. The second-order valence-electron chi connectivity index (χ2n) is 7.93. The van der Waals surface area contributed by atoms with Crippen LogP contribution in [0.5, 0.6) is 11.6 Å². The number of para-hydroxylation sites is 1. The third-order valence-corrected chi connectivity index (χ3v) is 6.24. The van der Waals surface area contributed by atoms with Gasteiger partial charge in [0, 0.05) is 35.7 Å². The van der Waals surface area contributed by atoms with E-state index in [0.29, 0.717) is 36.3 Å². The van der Waals surface area contributed by atoms with Crippen molar-refractivity contribution in [2.45, 2.75) is 38.3 Å². The number of benzene rings is 1. The molecule has 0 unspecified atom stereocenters. The van der Waals surface area contributed by atoms with Gasteiger partial charge < -0.3 is 14.4 Å². The van der Waals surface area contributed by atoms with Crippen LogP contribution in [-0.2, 0) is 0 Å². The van der Waals surface area contributed by atoms with E-state index in [9.17, 15) is 4.79 Å². The second kappa shape index (κ2) is 7.94. The van der Waals surface area contributed by atoms with Crippen LogP contribution in [0.4, 0.5) is 0 Å². The van der Waals surface area contributed by atoms with Crippen LogP contribution in [0.25, 0.3) is 10.9 Å². The highest BCUT2D eigenvalue weighted by Gasteiger charge is 2.49. The fraction of sp³-hybridized carbons (Fsp3) is 0.375. The summed E-state index contributed by atoms with van der Waals surface area (Å²) in [6.07, 6.45) is 6.44. The first kappa shape index (κ1) is 18.9. The van der Waals surface area contributed by atoms with E-state index in [1.807, 2.05) is 49.4 Å². The lowest BCUT2D eigenvalue weighted by atomic mass is 9.90. The van der Waals surface area contributed by atoms with Gasteiger partial charge in [-0.25, -0.2) is 4.98 Å². The Hall–Kier alpha value is -3.15. The van der Waals surface area contributed by atoms with Gasteiger partial charge in [0.25, 0.3) is 5.91 Å². The molecule has 2 aromatic heterocycles. The van der Waals surface area contributed by atoms with Gasteiger partial charge in [0.1, 0.15) is 0 Å². The lowest BCUT2D eigenvalue weighted by Gasteiger charge is -2.26. The normalized spacial score (nSPS) is 22.4. The summed E-state index contributed by atoms with van der Waals surface area (Å²) in [5, 5.41) is 0.848. The van der Waals surface area contributed by atoms with E-state index < -0.39 is 0 Å². The average Bonchev–Trinajstić information content (AvgIpc) is 3.36. The number of nitrogens with zero attached hydrogens (tertiary/aromatic N) is 3. The van der Waals surface area contributed by atoms with Crippen LogP contribution in [0, 0.1) is 5.92 Å². The standard InChI is InChI=1S/C24H25N3O3/c1-2-29-21-14-26-19-8-4-3-7-18(19)23(21)24(28)27-17-10-11-20(27)16(13-17)15-30-22-9-5-6-12-25-22/h3-9,12,14,16-17,20H,2,10-11,13,15H2,1H3/t16-,17+,20-/m0/s1. The van der Waals surface area contributed by atoms with Gasteiger partial charge in [-0.2, -0.15) is 0 Å². The molecule has 0 aliphatic carbocycles. The molecular weight excluding hydrogens is 378 g/mol. The fourth-order valence-corrected chi connectivity index (χ4v) is 4.97. The molecule has 0 saturated carbocycles. The van der Waals surface area contributed by atoms with Gasteiger partial charge >= 0.3 is 0 Å². The molecule has 2 aliphatic rings. The third kappa shape index (κ3) is 3.26. The molecule has 6 heteroatoms. The number of amides is 1. The monoisotopic (exact) mass is 403 g/mol. The maximum atomic E-state index is 13.8. The van der Waals surface area contributed by atoms with Crippen LogP contribution < -0.4 is 9.47 Å². The molecule has 3 atom stereocenters. The van der Waals surface area contributed by atoms with Gasteiger partial charge in [-0.3, -0.25) is 9.78 Å². The molecule has 2 saturated heterocycles. The van der Waals surface area contributed by atoms with E-state index in [-0.39, 0.29) is 18.0 Å². The smallest absolute Gasteiger partial charge is 0.258 e. The van der Waals surface area contributed by atoms with Crippen LogP contribution in [0.3, 0.4) is 0 Å². The van der Waals surface area contributed by atoms with Crippen LogP contribution in [-0.4, -0.2) is 46.1 Å². The zero-order chi connectivity index (χ0) is 20.5. The van der Waals surface area contributed by atoms with Crippen molar-refractivity contribution in [2.24, 2.45) is 5.92 Å². The van der Waals surface area contributed by atoms with Crippen molar-refractivity contribution in [3.8, 4) is 11.6 Å². The minimum Gasteiger partial charge on any atom is -0.491 e. The number of carbonyl (C=O) groups is 1. The Balaban J connectivity index is 1.42. The summed E-state index contributed by atoms with van der Waals surface area (Å²) < 4.78 is 11.7. The first-order chi connectivity index (χ1) is 14.8. The second-order valence-corrected chi connectivity index (χ2v) is 7.93. The summed E-state index contributed by atoms with van der Waals surface area (Å²) in [5.74, 6) is 1.56. The van der Waals surface area contributed by atoms with Crippen LogP contribution in [0.15, 0.2) is 54.9 Å². The number of hydrogen-bond donors (Lipinski definition) is 0.